The maximum atomic E-state index is 12.7. The summed E-state index contributed by atoms with van der Waals surface area (Å²) in [7, 11) is -3.79. The van der Waals surface area contributed by atoms with Crippen molar-refractivity contribution >= 4 is 27.5 Å². The van der Waals surface area contributed by atoms with Crippen molar-refractivity contribution in [3.63, 3.8) is 0 Å². The minimum Gasteiger partial charge on any atom is -0.406 e. The number of rotatable bonds is 4. The number of nitrogens with zero attached hydrogens (tertiary/aromatic N) is 2. The predicted molar refractivity (Wildman–Crippen MR) is 99.2 cm³/mol. The number of sulfonamides is 1. The zero-order valence-corrected chi connectivity index (χ0v) is 16.5. The van der Waals surface area contributed by atoms with Crippen LogP contribution < -0.4 is 4.74 Å². The third kappa shape index (κ3) is 5.01. The number of benzene rings is 2. The van der Waals surface area contributed by atoms with E-state index in [0.29, 0.717) is 0 Å². The first-order valence-corrected chi connectivity index (χ1v) is 10.3. The Morgan fingerprint density at radius 3 is 2.10 bits per heavy atom. The van der Waals surface area contributed by atoms with Crippen LogP contribution in [0.4, 0.5) is 13.2 Å². The molecule has 1 aliphatic rings. The van der Waals surface area contributed by atoms with Crippen LogP contribution in [0.25, 0.3) is 0 Å². The fraction of sp³-hybridized carbons (Fsp3) is 0.278. The molecule has 1 saturated heterocycles. The number of ether oxygens (including phenoxy) is 1. The average Bonchev–Trinajstić information content (AvgIpc) is 2.67. The van der Waals surface area contributed by atoms with Gasteiger partial charge < -0.3 is 9.64 Å². The Morgan fingerprint density at radius 2 is 1.55 bits per heavy atom. The van der Waals surface area contributed by atoms with Crippen LogP contribution in [-0.4, -0.2) is 56.1 Å². The molecule has 0 aromatic heterocycles. The highest BCUT2D eigenvalue weighted by molar-refractivity contribution is 7.89. The van der Waals surface area contributed by atoms with Crippen molar-refractivity contribution in [1.29, 1.82) is 0 Å². The van der Waals surface area contributed by atoms with Gasteiger partial charge >= 0.3 is 6.36 Å². The molecule has 1 fully saturated rings. The highest BCUT2D eigenvalue weighted by Gasteiger charge is 2.32. The number of carbonyl (C=O) groups excluding carboxylic acids is 1. The lowest BCUT2D eigenvalue weighted by molar-refractivity contribution is -0.274. The van der Waals surface area contributed by atoms with Gasteiger partial charge in [0.25, 0.3) is 5.91 Å². The summed E-state index contributed by atoms with van der Waals surface area (Å²) in [6, 6.07) is 10.7. The Kier molecular flexibility index (Phi) is 6.06. The summed E-state index contributed by atoms with van der Waals surface area (Å²) in [6.07, 6.45) is -4.81. The lowest BCUT2D eigenvalue weighted by atomic mass is 10.2. The maximum Gasteiger partial charge on any atom is 0.573 e. The van der Waals surface area contributed by atoms with E-state index < -0.39 is 28.0 Å². The van der Waals surface area contributed by atoms with E-state index in [1.807, 2.05) is 0 Å². The quantitative estimate of drug-likeness (QED) is 0.719. The minimum atomic E-state index is -4.81. The van der Waals surface area contributed by atoms with E-state index in [0.717, 1.165) is 12.1 Å². The standard InChI is InChI=1S/C18H16ClF3N2O4S/c19-15-3-1-2-4-16(15)29(26,27)24-11-9-23(10-12-24)17(25)13-5-7-14(8-6-13)28-18(20,21)22/h1-8H,9-12H2. The average molecular weight is 449 g/mol. The Labute approximate surface area is 170 Å². The highest BCUT2D eigenvalue weighted by Crippen LogP contribution is 2.26. The molecule has 0 N–H and O–H groups in total. The van der Waals surface area contributed by atoms with Gasteiger partial charge in [-0.25, -0.2) is 8.42 Å². The van der Waals surface area contributed by atoms with Crippen LogP contribution in [0.5, 0.6) is 5.75 Å². The molecule has 1 amide bonds. The van der Waals surface area contributed by atoms with E-state index in [-0.39, 0.29) is 41.7 Å². The molecule has 11 heteroatoms. The van der Waals surface area contributed by atoms with Crippen LogP contribution in [0.15, 0.2) is 53.4 Å². The monoisotopic (exact) mass is 448 g/mol. The van der Waals surface area contributed by atoms with E-state index in [9.17, 15) is 26.4 Å². The molecule has 156 valence electrons. The second-order valence-corrected chi connectivity index (χ2v) is 8.51. The highest BCUT2D eigenvalue weighted by atomic mass is 35.5. The summed E-state index contributed by atoms with van der Waals surface area (Å²) in [6.45, 7) is 0.440. The van der Waals surface area contributed by atoms with Crippen LogP contribution in [0.3, 0.4) is 0 Å². The van der Waals surface area contributed by atoms with Gasteiger partial charge in [-0.2, -0.15) is 4.31 Å². The lowest BCUT2D eigenvalue weighted by Crippen LogP contribution is -2.50. The van der Waals surface area contributed by atoms with Gasteiger partial charge in [0.2, 0.25) is 10.0 Å². The van der Waals surface area contributed by atoms with Gasteiger partial charge in [-0.15, -0.1) is 13.2 Å². The van der Waals surface area contributed by atoms with Crippen molar-refractivity contribution in [3.8, 4) is 5.75 Å². The molecule has 0 bridgehead atoms. The van der Waals surface area contributed by atoms with Gasteiger partial charge in [-0.3, -0.25) is 4.79 Å². The maximum absolute atomic E-state index is 12.7. The summed E-state index contributed by atoms with van der Waals surface area (Å²) in [4.78, 5) is 14.0. The van der Waals surface area contributed by atoms with Crippen LogP contribution >= 0.6 is 11.6 Å². The number of carbonyl (C=O) groups is 1. The first-order chi connectivity index (χ1) is 13.6. The fourth-order valence-corrected chi connectivity index (χ4v) is 4.82. The molecule has 2 aromatic rings. The van der Waals surface area contributed by atoms with E-state index >= 15 is 0 Å². The second kappa shape index (κ2) is 8.21. The number of hydrogen-bond acceptors (Lipinski definition) is 4. The molecule has 0 spiro atoms. The zero-order valence-electron chi connectivity index (χ0n) is 14.9. The fourth-order valence-electron chi connectivity index (χ4n) is 2.91. The van der Waals surface area contributed by atoms with Crippen molar-refractivity contribution in [1.82, 2.24) is 9.21 Å². The summed E-state index contributed by atoms with van der Waals surface area (Å²) < 4.78 is 67.1. The van der Waals surface area contributed by atoms with E-state index in [4.69, 9.17) is 11.6 Å². The van der Waals surface area contributed by atoms with Crippen LogP contribution in [0.2, 0.25) is 5.02 Å². The summed E-state index contributed by atoms with van der Waals surface area (Å²) in [5.74, 6) is -0.831. The Balaban J connectivity index is 1.65. The Hall–Kier alpha value is -2.30. The van der Waals surface area contributed by atoms with Gasteiger partial charge in [0.05, 0.1) is 5.02 Å². The molecule has 0 saturated carbocycles. The summed E-state index contributed by atoms with van der Waals surface area (Å²) >= 11 is 5.99. The summed E-state index contributed by atoms with van der Waals surface area (Å²) in [5, 5.41) is 0.118. The van der Waals surface area contributed by atoms with Crippen molar-refractivity contribution in [2.24, 2.45) is 0 Å². The first-order valence-electron chi connectivity index (χ1n) is 8.48. The first kappa shape index (κ1) is 21.4. The zero-order chi connectivity index (χ0) is 21.2. The number of hydrogen-bond donors (Lipinski definition) is 0. The normalized spacial score (nSPS) is 15.9. The lowest BCUT2D eigenvalue weighted by Gasteiger charge is -2.34. The molecular weight excluding hydrogens is 433 g/mol. The van der Waals surface area contributed by atoms with Crippen LogP contribution in [0, 0.1) is 0 Å². The van der Waals surface area contributed by atoms with Gasteiger partial charge in [-0.1, -0.05) is 23.7 Å². The van der Waals surface area contributed by atoms with Crippen molar-refractivity contribution < 1.29 is 31.1 Å². The topological polar surface area (TPSA) is 66.9 Å². The van der Waals surface area contributed by atoms with Gasteiger partial charge in [0, 0.05) is 31.7 Å². The third-order valence-corrected chi connectivity index (χ3v) is 6.71. The minimum absolute atomic E-state index is 0.00157. The van der Waals surface area contributed by atoms with Gasteiger partial charge in [-0.05, 0) is 36.4 Å². The number of piperazine rings is 1. The molecule has 29 heavy (non-hydrogen) atoms. The molecule has 6 nitrogen and oxygen atoms in total. The van der Waals surface area contributed by atoms with Crippen molar-refractivity contribution in [2.45, 2.75) is 11.3 Å². The van der Waals surface area contributed by atoms with Gasteiger partial charge in [0.15, 0.2) is 0 Å². The van der Waals surface area contributed by atoms with Gasteiger partial charge in [0.1, 0.15) is 10.6 Å². The molecular formula is C18H16ClF3N2O4S. The second-order valence-electron chi connectivity index (χ2n) is 6.20. The summed E-state index contributed by atoms with van der Waals surface area (Å²) in [5.41, 5.74) is 0.182. The van der Waals surface area contributed by atoms with E-state index in [1.54, 1.807) is 12.1 Å². The molecule has 3 rings (SSSR count). The number of halogens is 4. The smallest absolute Gasteiger partial charge is 0.406 e. The molecule has 1 aliphatic heterocycles. The number of amides is 1. The van der Waals surface area contributed by atoms with Crippen molar-refractivity contribution in [3.05, 3.63) is 59.1 Å². The Bertz CT molecular complexity index is 989. The van der Waals surface area contributed by atoms with Crippen molar-refractivity contribution in [2.75, 3.05) is 26.2 Å². The van der Waals surface area contributed by atoms with Crippen LogP contribution in [0.1, 0.15) is 10.4 Å². The molecule has 2 aromatic carbocycles. The molecule has 0 aliphatic carbocycles. The van der Waals surface area contributed by atoms with Crippen LogP contribution in [-0.2, 0) is 10.0 Å². The third-order valence-electron chi connectivity index (χ3n) is 4.32. The van der Waals surface area contributed by atoms with E-state index in [1.165, 1.54) is 33.5 Å². The molecule has 0 radical (unpaired) electrons. The Morgan fingerprint density at radius 1 is 0.966 bits per heavy atom. The largest absolute Gasteiger partial charge is 0.573 e. The number of alkyl halides is 3. The predicted octanol–water partition coefficient (Wildman–Crippen LogP) is 3.39. The van der Waals surface area contributed by atoms with E-state index in [2.05, 4.69) is 4.74 Å². The molecule has 0 unspecified atom stereocenters. The molecule has 0 atom stereocenters. The SMILES string of the molecule is O=C(c1ccc(OC(F)(F)F)cc1)N1CCN(S(=O)(=O)c2ccccc2Cl)CC1. The molecule has 1 heterocycles.